The minimum Gasteiger partial charge on any atom is -0.480 e. The predicted octanol–water partition coefficient (Wildman–Crippen LogP) is 3.98. The first-order chi connectivity index (χ1) is 14.6. The van der Waals surface area contributed by atoms with Crippen LogP contribution >= 0.6 is 0 Å². The number of benzene rings is 1. The third kappa shape index (κ3) is 4.87. The lowest BCUT2D eigenvalue weighted by atomic mass is 9.76. The highest BCUT2D eigenvalue weighted by atomic mass is 16.5. The Morgan fingerprint density at radius 1 is 1.20 bits per heavy atom. The smallest absolute Gasteiger partial charge is 0.314 e. The van der Waals surface area contributed by atoms with Crippen LogP contribution in [-0.2, 0) is 9.53 Å². The van der Waals surface area contributed by atoms with Crippen molar-refractivity contribution < 1.29 is 19.1 Å². The number of aromatic nitrogens is 1. The topological polar surface area (TPSA) is 68.7 Å². The van der Waals surface area contributed by atoms with Gasteiger partial charge in [0.2, 0.25) is 5.88 Å². The second-order valence-corrected chi connectivity index (χ2v) is 7.41. The van der Waals surface area contributed by atoms with Gasteiger partial charge in [-0.1, -0.05) is 42.5 Å². The van der Waals surface area contributed by atoms with Crippen LogP contribution in [0.5, 0.6) is 5.88 Å². The number of amides is 1. The van der Waals surface area contributed by atoms with Gasteiger partial charge in [-0.3, -0.25) is 9.59 Å². The minimum atomic E-state index is -0.759. The largest absolute Gasteiger partial charge is 0.480 e. The van der Waals surface area contributed by atoms with E-state index >= 15 is 0 Å². The molecule has 1 aliphatic heterocycles. The van der Waals surface area contributed by atoms with Gasteiger partial charge in [0.25, 0.3) is 5.91 Å². The number of nitrogens with zero attached hydrogens (tertiary/aromatic N) is 2. The molecule has 1 saturated heterocycles. The normalized spacial score (nSPS) is 18.9. The van der Waals surface area contributed by atoms with E-state index in [9.17, 15) is 9.59 Å². The molecule has 1 fully saturated rings. The van der Waals surface area contributed by atoms with E-state index in [1.165, 1.54) is 7.11 Å². The Morgan fingerprint density at radius 2 is 2.00 bits per heavy atom. The fourth-order valence-corrected chi connectivity index (χ4v) is 3.88. The number of ether oxygens (including phenoxy) is 2. The molecule has 6 nitrogen and oxygen atoms in total. The van der Waals surface area contributed by atoms with Crippen molar-refractivity contribution in [2.75, 3.05) is 26.8 Å². The van der Waals surface area contributed by atoms with Crippen LogP contribution < -0.4 is 4.74 Å². The van der Waals surface area contributed by atoms with Crippen LogP contribution in [0.2, 0.25) is 0 Å². The maximum absolute atomic E-state index is 13.2. The van der Waals surface area contributed by atoms with Gasteiger partial charge >= 0.3 is 5.97 Å². The van der Waals surface area contributed by atoms with Gasteiger partial charge in [-0.05, 0) is 43.9 Å². The van der Waals surface area contributed by atoms with Crippen molar-refractivity contribution in [3.63, 3.8) is 0 Å². The van der Waals surface area contributed by atoms with E-state index < -0.39 is 5.41 Å². The lowest BCUT2D eigenvalue weighted by Gasteiger charge is -2.40. The molecule has 1 aromatic carbocycles. The highest BCUT2D eigenvalue weighted by Crippen LogP contribution is 2.36. The zero-order chi connectivity index (χ0) is 21.4. The molecule has 1 amide bonds. The molecule has 0 bridgehead atoms. The van der Waals surface area contributed by atoms with E-state index in [2.05, 4.69) is 4.98 Å². The number of esters is 1. The maximum atomic E-state index is 13.2. The zero-order valence-electron chi connectivity index (χ0n) is 17.5. The number of piperidine rings is 1. The van der Waals surface area contributed by atoms with E-state index in [0.717, 1.165) is 12.0 Å². The average Bonchev–Trinajstić information content (AvgIpc) is 2.79. The van der Waals surface area contributed by atoms with Crippen molar-refractivity contribution in [3.8, 4) is 5.88 Å². The molecule has 0 aliphatic carbocycles. The summed E-state index contributed by atoms with van der Waals surface area (Å²) < 4.78 is 10.7. The van der Waals surface area contributed by atoms with Crippen LogP contribution in [0.3, 0.4) is 0 Å². The first-order valence-corrected chi connectivity index (χ1v) is 10.3. The molecule has 1 unspecified atom stereocenters. The molecule has 1 atom stereocenters. The quantitative estimate of drug-likeness (QED) is 0.648. The number of rotatable bonds is 7. The number of allylic oxidation sites excluding steroid dienone is 1. The highest BCUT2D eigenvalue weighted by molar-refractivity contribution is 5.96. The summed E-state index contributed by atoms with van der Waals surface area (Å²) in [6.45, 7) is 3.01. The number of hydrogen-bond donors (Lipinski definition) is 0. The van der Waals surface area contributed by atoms with Crippen LogP contribution in [0.15, 0.2) is 54.7 Å². The number of likely N-dealkylation sites (tertiary alicyclic amines) is 1. The van der Waals surface area contributed by atoms with E-state index in [-0.39, 0.29) is 11.9 Å². The fraction of sp³-hybridized carbons (Fsp3) is 0.375. The molecule has 0 saturated carbocycles. The molecule has 1 aromatic heterocycles. The average molecular weight is 408 g/mol. The van der Waals surface area contributed by atoms with Crippen molar-refractivity contribution in [3.05, 3.63) is 65.9 Å². The highest BCUT2D eigenvalue weighted by Gasteiger charge is 2.44. The Kier molecular flexibility index (Phi) is 7.22. The number of carbonyl (C=O) groups excluding carboxylic acids is 2. The van der Waals surface area contributed by atoms with Gasteiger partial charge < -0.3 is 14.4 Å². The molecule has 6 heteroatoms. The summed E-state index contributed by atoms with van der Waals surface area (Å²) in [7, 11) is 1.49. The molecule has 2 heterocycles. The Balaban J connectivity index is 1.83. The van der Waals surface area contributed by atoms with Crippen molar-refractivity contribution in [1.29, 1.82) is 0 Å². The summed E-state index contributed by atoms with van der Waals surface area (Å²) >= 11 is 0. The molecule has 30 heavy (non-hydrogen) atoms. The summed E-state index contributed by atoms with van der Waals surface area (Å²) in [5.74, 6) is -0.141. The lowest BCUT2D eigenvalue weighted by Crippen LogP contribution is -2.50. The Bertz CT molecular complexity index is 897. The summed E-state index contributed by atoms with van der Waals surface area (Å²) in [6.07, 6.45) is 7.51. The fourth-order valence-electron chi connectivity index (χ4n) is 3.88. The predicted molar refractivity (Wildman–Crippen MR) is 115 cm³/mol. The van der Waals surface area contributed by atoms with E-state index in [0.29, 0.717) is 44.0 Å². The van der Waals surface area contributed by atoms with Crippen LogP contribution in [-0.4, -0.2) is 48.6 Å². The first kappa shape index (κ1) is 21.6. The molecule has 0 spiro atoms. The van der Waals surface area contributed by atoms with Crippen LogP contribution in [0.25, 0.3) is 6.08 Å². The van der Waals surface area contributed by atoms with Gasteiger partial charge in [0, 0.05) is 19.3 Å². The second kappa shape index (κ2) is 10.1. The third-order valence-corrected chi connectivity index (χ3v) is 5.39. The van der Waals surface area contributed by atoms with Crippen molar-refractivity contribution >= 4 is 18.0 Å². The second-order valence-electron chi connectivity index (χ2n) is 7.41. The van der Waals surface area contributed by atoms with Crippen LogP contribution in [0, 0.1) is 5.41 Å². The van der Waals surface area contributed by atoms with Crippen LogP contribution in [0.1, 0.15) is 42.1 Å². The number of pyridine rings is 1. The third-order valence-electron chi connectivity index (χ3n) is 5.39. The van der Waals surface area contributed by atoms with E-state index in [1.807, 2.05) is 42.5 Å². The van der Waals surface area contributed by atoms with E-state index in [1.54, 1.807) is 30.2 Å². The summed E-state index contributed by atoms with van der Waals surface area (Å²) in [4.78, 5) is 32.0. The Labute approximate surface area is 177 Å². The van der Waals surface area contributed by atoms with Crippen molar-refractivity contribution in [1.82, 2.24) is 9.88 Å². The van der Waals surface area contributed by atoms with Crippen molar-refractivity contribution in [2.24, 2.45) is 5.41 Å². The minimum absolute atomic E-state index is 0.180. The van der Waals surface area contributed by atoms with Gasteiger partial charge in [-0.15, -0.1) is 0 Å². The lowest BCUT2D eigenvalue weighted by molar-refractivity contribution is -0.158. The monoisotopic (exact) mass is 408 g/mol. The molecule has 0 N–H and O–H groups in total. The Morgan fingerprint density at radius 3 is 2.73 bits per heavy atom. The van der Waals surface area contributed by atoms with Gasteiger partial charge in [-0.25, -0.2) is 4.98 Å². The SMILES string of the molecule is CCOC(=O)C1(CC=Cc2ccccc2)CCCN(C(=O)c2cccnc2OC)C1. The number of carbonyl (C=O) groups is 2. The van der Waals surface area contributed by atoms with Crippen LogP contribution in [0.4, 0.5) is 0 Å². The maximum Gasteiger partial charge on any atom is 0.314 e. The van der Waals surface area contributed by atoms with Crippen molar-refractivity contribution in [2.45, 2.75) is 26.2 Å². The summed E-state index contributed by atoms with van der Waals surface area (Å²) in [5.41, 5.74) is 0.713. The Hall–Kier alpha value is -3.15. The molecule has 1 aliphatic rings. The van der Waals surface area contributed by atoms with Gasteiger partial charge in [0.15, 0.2) is 0 Å². The summed E-state index contributed by atoms with van der Waals surface area (Å²) in [5, 5.41) is 0. The standard InChI is InChI=1S/C24H28N2O4/c1-3-30-23(28)24(14-7-12-19-10-5-4-6-11-19)15-9-17-26(18-24)22(27)20-13-8-16-25-21(20)29-2/h4-8,10-13,16H,3,9,14-15,17-18H2,1-2H3. The molecule has 0 radical (unpaired) electrons. The molecule has 158 valence electrons. The molecule has 3 rings (SSSR count). The number of hydrogen-bond acceptors (Lipinski definition) is 5. The number of methoxy groups -OCH3 is 1. The van der Waals surface area contributed by atoms with Gasteiger partial charge in [-0.2, -0.15) is 0 Å². The van der Waals surface area contributed by atoms with E-state index in [4.69, 9.17) is 9.47 Å². The van der Waals surface area contributed by atoms with Gasteiger partial charge in [0.05, 0.1) is 19.1 Å². The molecular formula is C24H28N2O4. The zero-order valence-corrected chi connectivity index (χ0v) is 17.5. The molecular weight excluding hydrogens is 380 g/mol. The first-order valence-electron chi connectivity index (χ1n) is 10.3. The summed E-state index contributed by atoms with van der Waals surface area (Å²) in [6, 6.07) is 13.4. The molecule has 2 aromatic rings. The van der Waals surface area contributed by atoms with Gasteiger partial charge in [0.1, 0.15) is 5.56 Å².